The van der Waals surface area contributed by atoms with Crippen LogP contribution >= 0.6 is 0 Å². The zero-order valence-electron chi connectivity index (χ0n) is 12.5. The van der Waals surface area contributed by atoms with Gasteiger partial charge in [0.15, 0.2) is 0 Å². The van der Waals surface area contributed by atoms with E-state index in [0.717, 1.165) is 42.3 Å². The van der Waals surface area contributed by atoms with Gasteiger partial charge in [-0.1, -0.05) is 12.1 Å². The number of aryl methyl sites for hydroxylation is 2. The summed E-state index contributed by atoms with van der Waals surface area (Å²) in [6.07, 6.45) is 1.80. The molecule has 1 atom stereocenters. The maximum Gasteiger partial charge on any atom is 0.133 e. The quantitative estimate of drug-likeness (QED) is 0.942. The van der Waals surface area contributed by atoms with Crippen LogP contribution in [0.25, 0.3) is 0 Å². The fourth-order valence-corrected chi connectivity index (χ4v) is 3.15. The van der Waals surface area contributed by atoms with Crippen molar-refractivity contribution in [2.45, 2.75) is 32.6 Å². The minimum atomic E-state index is -0.212. The van der Waals surface area contributed by atoms with Gasteiger partial charge in [0, 0.05) is 30.3 Å². The van der Waals surface area contributed by atoms with Gasteiger partial charge in [0.1, 0.15) is 11.6 Å². The van der Waals surface area contributed by atoms with Gasteiger partial charge >= 0.3 is 0 Å². The van der Waals surface area contributed by atoms with Crippen LogP contribution in [0.15, 0.2) is 24.3 Å². The maximum absolute atomic E-state index is 12.9. The van der Waals surface area contributed by atoms with Crippen molar-refractivity contribution >= 4 is 0 Å². The third-order valence-corrected chi connectivity index (χ3v) is 4.12. The van der Waals surface area contributed by atoms with E-state index in [2.05, 4.69) is 29.1 Å². The molecule has 3 nitrogen and oxygen atoms in total. The van der Waals surface area contributed by atoms with Gasteiger partial charge in [0.25, 0.3) is 0 Å². The van der Waals surface area contributed by atoms with E-state index in [4.69, 9.17) is 0 Å². The van der Waals surface area contributed by atoms with Crippen molar-refractivity contribution in [3.63, 3.8) is 0 Å². The molecule has 1 N–H and O–H groups in total. The number of rotatable bonds is 3. The number of nitrogens with zero attached hydrogens (tertiary/aromatic N) is 2. The van der Waals surface area contributed by atoms with Crippen LogP contribution in [0.1, 0.15) is 40.7 Å². The summed E-state index contributed by atoms with van der Waals surface area (Å²) < 4.78 is 12.9. The smallest absolute Gasteiger partial charge is 0.133 e. The first kappa shape index (κ1) is 14.1. The standard InChI is InChI=1S/C17H20FN3/c1-11-17(14-7-8-19-10-14)12(2)21-16(20-11)9-13-3-5-15(18)6-4-13/h3-6,14,19H,7-10H2,1-2H3. The number of benzene rings is 1. The van der Waals surface area contributed by atoms with E-state index >= 15 is 0 Å². The molecular formula is C17H20FN3. The molecule has 1 aliphatic heterocycles. The summed E-state index contributed by atoms with van der Waals surface area (Å²) in [4.78, 5) is 9.33. The van der Waals surface area contributed by atoms with Crippen LogP contribution in [0.5, 0.6) is 0 Å². The van der Waals surface area contributed by atoms with Crippen molar-refractivity contribution in [2.75, 3.05) is 13.1 Å². The molecule has 1 unspecified atom stereocenters. The fraction of sp³-hybridized carbons (Fsp3) is 0.412. The van der Waals surface area contributed by atoms with Gasteiger partial charge in [-0.25, -0.2) is 14.4 Å². The Bertz CT molecular complexity index is 608. The third-order valence-electron chi connectivity index (χ3n) is 4.12. The first-order valence-corrected chi connectivity index (χ1v) is 7.42. The second-order valence-electron chi connectivity index (χ2n) is 5.72. The lowest BCUT2D eigenvalue weighted by Crippen LogP contribution is -2.13. The van der Waals surface area contributed by atoms with Crippen LogP contribution in [-0.2, 0) is 6.42 Å². The van der Waals surface area contributed by atoms with Crippen LogP contribution in [0.3, 0.4) is 0 Å². The second-order valence-corrected chi connectivity index (χ2v) is 5.72. The van der Waals surface area contributed by atoms with Crippen molar-refractivity contribution in [3.8, 4) is 0 Å². The zero-order chi connectivity index (χ0) is 14.8. The maximum atomic E-state index is 12.9. The number of hydrogen-bond acceptors (Lipinski definition) is 3. The molecule has 0 aliphatic carbocycles. The van der Waals surface area contributed by atoms with E-state index < -0.39 is 0 Å². The van der Waals surface area contributed by atoms with Gasteiger partial charge in [-0.15, -0.1) is 0 Å². The zero-order valence-corrected chi connectivity index (χ0v) is 12.5. The highest BCUT2D eigenvalue weighted by atomic mass is 19.1. The lowest BCUT2D eigenvalue weighted by molar-refractivity contribution is 0.627. The minimum absolute atomic E-state index is 0.212. The van der Waals surface area contributed by atoms with Gasteiger partial charge in [0.2, 0.25) is 0 Å². The molecule has 2 heterocycles. The monoisotopic (exact) mass is 285 g/mol. The Morgan fingerprint density at radius 2 is 1.81 bits per heavy atom. The largest absolute Gasteiger partial charge is 0.316 e. The molecule has 1 aromatic carbocycles. The highest BCUT2D eigenvalue weighted by molar-refractivity contribution is 5.31. The van der Waals surface area contributed by atoms with Crippen molar-refractivity contribution in [2.24, 2.45) is 0 Å². The van der Waals surface area contributed by atoms with E-state index in [-0.39, 0.29) is 5.82 Å². The third kappa shape index (κ3) is 3.10. The summed E-state index contributed by atoms with van der Waals surface area (Å²) in [5.74, 6) is 1.13. The van der Waals surface area contributed by atoms with Crippen molar-refractivity contribution < 1.29 is 4.39 Å². The normalized spacial score (nSPS) is 18.1. The Balaban J connectivity index is 1.85. The first-order valence-electron chi connectivity index (χ1n) is 7.42. The molecule has 0 amide bonds. The lowest BCUT2D eigenvalue weighted by atomic mass is 9.95. The van der Waals surface area contributed by atoms with Crippen LogP contribution in [0.2, 0.25) is 0 Å². The van der Waals surface area contributed by atoms with Gasteiger partial charge in [-0.2, -0.15) is 0 Å². The summed E-state index contributed by atoms with van der Waals surface area (Å²) in [6, 6.07) is 6.54. The Morgan fingerprint density at radius 1 is 1.14 bits per heavy atom. The summed E-state index contributed by atoms with van der Waals surface area (Å²) in [5, 5.41) is 3.39. The molecule has 110 valence electrons. The first-order chi connectivity index (χ1) is 10.1. The lowest BCUT2D eigenvalue weighted by Gasteiger charge is -2.15. The molecule has 1 aromatic heterocycles. The highest BCUT2D eigenvalue weighted by Crippen LogP contribution is 2.27. The van der Waals surface area contributed by atoms with Crippen molar-refractivity contribution in [1.82, 2.24) is 15.3 Å². The van der Waals surface area contributed by atoms with Crippen molar-refractivity contribution in [1.29, 1.82) is 0 Å². The summed E-state index contributed by atoms with van der Waals surface area (Å²) in [7, 11) is 0. The van der Waals surface area contributed by atoms with Gasteiger partial charge in [0.05, 0.1) is 0 Å². The summed E-state index contributed by atoms with van der Waals surface area (Å²) >= 11 is 0. The van der Waals surface area contributed by atoms with E-state index in [9.17, 15) is 4.39 Å². The SMILES string of the molecule is Cc1nc(Cc2ccc(F)cc2)nc(C)c1C1CCNC1. The molecule has 1 fully saturated rings. The van der Waals surface area contributed by atoms with Crippen LogP contribution in [0, 0.1) is 19.7 Å². The van der Waals surface area contributed by atoms with Gasteiger partial charge in [-0.3, -0.25) is 0 Å². The Hall–Kier alpha value is -1.81. The molecule has 1 aliphatic rings. The summed E-state index contributed by atoms with van der Waals surface area (Å²) in [5.41, 5.74) is 4.48. The van der Waals surface area contributed by atoms with E-state index in [1.165, 1.54) is 17.7 Å². The van der Waals surface area contributed by atoms with Crippen LogP contribution < -0.4 is 5.32 Å². The van der Waals surface area contributed by atoms with E-state index in [0.29, 0.717) is 12.3 Å². The Morgan fingerprint density at radius 3 is 2.38 bits per heavy atom. The number of aromatic nitrogens is 2. The van der Waals surface area contributed by atoms with Crippen molar-refractivity contribution in [3.05, 3.63) is 58.4 Å². The van der Waals surface area contributed by atoms with E-state index in [1.807, 2.05) is 0 Å². The molecule has 21 heavy (non-hydrogen) atoms. The molecule has 4 heteroatoms. The highest BCUT2D eigenvalue weighted by Gasteiger charge is 2.22. The molecule has 0 saturated carbocycles. The topological polar surface area (TPSA) is 37.8 Å². The summed E-state index contributed by atoms with van der Waals surface area (Å²) in [6.45, 7) is 6.22. The molecule has 2 aromatic rings. The predicted octanol–water partition coefficient (Wildman–Crippen LogP) is 2.90. The van der Waals surface area contributed by atoms with Crippen LogP contribution in [-0.4, -0.2) is 23.1 Å². The van der Waals surface area contributed by atoms with E-state index in [1.54, 1.807) is 12.1 Å². The Kier molecular flexibility index (Phi) is 3.97. The molecule has 0 bridgehead atoms. The second kappa shape index (κ2) is 5.90. The van der Waals surface area contributed by atoms with Crippen LogP contribution in [0.4, 0.5) is 4.39 Å². The van der Waals surface area contributed by atoms with Gasteiger partial charge in [-0.05, 0) is 50.1 Å². The Labute approximate surface area is 124 Å². The predicted molar refractivity (Wildman–Crippen MR) is 80.9 cm³/mol. The fourth-order valence-electron chi connectivity index (χ4n) is 3.15. The molecule has 1 saturated heterocycles. The number of nitrogens with one attached hydrogen (secondary N) is 1. The molecule has 0 radical (unpaired) electrons. The minimum Gasteiger partial charge on any atom is -0.316 e. The van der Waals surface area contributed by atoms with Gasteiger partial charge < -0.3 is 5.32 Å². The average Bonchev–Trinajstić information content (AvgIpc) is 2.94. The molecule has 3 rings (SSSR count). The molecular weight excluding hydrogens is 265 g/mol. The molecule has 0 spiro atoms. The number of hydrogen-bond donors (Lipinski definition) is 1. The average molecular weight is 285 g/mol. The number of halogens is 1.